The smallest absolute Gasteiger partial charge is 0.269 e. The van der Waals surface area contributed by atoms with Gasteiger partial charge in [0.15, 0.2) is 0 Å². The average molecular weight is 299 g/mol. The lowest BCUT2D eigenvalue weighted by atomic mass is 9.90. The lowest BCUT2D eigenvalue weighted by Crippen LogP contribution is -2.53. The first kappa shape index (κ1) is 16.6. The topological polar surface area (TPSA) is 37.4 Å². The molecular weight excluding hydrogens is 285 g/mol. The van der Waals surface area contributed by atoms with Crippen LogP contribution in [-0.4, -0.2) is 41.3 Å². The van der Waals surface area contributed by atoms with Crippen LogP contribution in [0.5, 0.6) is 0 Å². The molecule has 0 heterocycles. The first-order valence-corrected chi connectivity index (χ1v) is 5.92. The van der Waals surface area contributed by atoms with Crippen LogP contribution in [0.2, 0.25) is 0 Å². The number of halogens is 5. The molecule has 1 rings (SSSR count). The number of hydrogen-bond acceptors (Lipinski definition) is 2. The summed E-state index contributed by atoms with van der Waals surface area (Å²) in [6, 6.07) is -1.45. The predicted octanol–water partition coefficient (Wildman–Crippen LogP) is 2.71. The number of hydrogen-bond donors (Lipinski definition) is 0. The van der Waals surface area contributed by atoms with Crippen molar-refractivity contribution in [3.8, 4) is 0 Å². The van der Waals surface area contributed by atoms with Gasteiger partial charge in [0.25, 0.3) is 5.91 Å². The van der Waals surface area contributed by atoms with Crippen LogP contribution in [0.1, 0.15) is 26.2 Å². The molecule has 2 amide bonds. The van der Waals surface area contributed by atoms with E-state index in [2.05, 4.69) is 6.58 Å². The molecule has 1 aliphatic rings. The predicted molar refractivity (Wildman–Crippen MR) is 60.2 cm³/mol. The van der Waals surface area contributed by atoms with Gasteiger partial charge in [0.1, 0.15) is 12.3 Å². The third kappa shape index (κ3) is 3.77. The van der Waals surface area contributed by atoms with Crippen molar-refractivity contribution in [2.45, 2.75) is 50.7 Å². The minimum atomic E-state index is -5.29. The molecule has 2 unspecified atom stereocenters. The summed E-state index contributed by atoms with van der Waals surface area (Å²) < 4.78 is 64.1. The Bertz CT molecular complexity index is 411. The highest BCUT2D eigenvalue weighted by atomic mass is 19.4. The second-order valence-electron chi connectivity index (χ2n) is 4.81. The van der Waals surface area contributed by atoms with E-state index in [-0.39, 0.29) is 10.5 Å². The molecular formula is C12H14F5NO2. The molecule has 0 aromatic rings. The summed E-state index contributed by atoms with van der Waals surface area (Å²) in [5, 5.41) is 0. The molecule has 3 nitrogen and oxygen atoms in total. The molecule has 20 heavy (non-hydrogen) atoms. The fourth-order valence-corrected chi connectivity index (χ4v) is 2.13. The fraction of sp³-hybridized carbons (Fsp3) is 0.667. The van der Waals surface area contributed by atoms with Crippen LogP contribution in [0, 0.1) is 0 Å². The summed E-state index contributed by atoms with van der Waals surface area (Å²) in [5.74, 6) is -3.68. The van der Waals surface area contributed by atoms with Crippen molar-refractivity contribution >= 4 is 11.8 Å². The van der Waals surface area contributed by atoms with E-state index in [9.17, 15) is 31.5 Å². The van der Waals surface area contributed by atoms with Crippen molar-refractivity contribution in [1.82, 2.24) is 4.90 Å². The summed E-state index contributed by atoms with van der Waals surface area (Å²) in [4.78, 5) is 22.9. The number of alkyl halides is 5. The van der Waals surface area contributed by atoms with E-state index in [4.69, 9.17) is 0 Å². The SMILES string of the molecule is C=C(C)C(=O)N(C(=O)C(F)(F)F)C1CC(F)CC(F)C1. The molecule has 1 fully saturated rings. The Morgan fingerprint density at radius 1 is 1.10 bits per heavy atom. The van der Waals surface area contributed by atoms with Gasteiger partial charge in [0.2, 0.25) is 0 Å². The van der Waals surface area contributed by atoms with E-state index in [1.54, 1.807) is 0 Å². The second kappa shape index (κ2) is 5.88. The molecule has 0 aromatic heterocycles. The van der Waals surface area contributed by atoms with Crippen molar-refractivity contribution in [3.63, 3.8) is 0 Å². The number of carbonyl (C=O) groups is 2. The Hall–Kier alpha value is -1.47. The summed E-state index contributed by atoms with van der Waals surface area (Å²) >= 11 is 0. The van der Waals surface area contributed by atoms with Gasteiger partial charge in [-0.3, -0.25) is 14.5 Å². The normalized spacial score (nSPS) is 27.0. The van der Waals surface area contributed by atoms with E-state index in [1.165, 1.54) is 0 Å². The van der Waals surface area contributed by atoms with Gasteiger partial charge >= 0.3 is 12.1 Å². The first-order chi connectivity index (χ1) is 9.04. The highest BCUT2D eigenvalue weighted by molar-refractivity contribution is 6.05. The lowest BCUT2D eigenvalue weighted by Gasteiger charge is -2.35. The summed E-state index contributed by atoms with van der Waals surface area (Å²) in [7, 11) is 0. The van der Waals surface area contributed by atoms with Crippen LogP contribution in [0.25, 0.3) is 0 Å². The van der Waals surface area contributed by atoms with Gasteiger partial charge < -0.3 is 0 Å². The largest absolute Gasteiger partial charge is 0.471 e. The van der Waals surface area contributed by atoms with Crippen molar-refractivity contribution in [2.24, 2.45) is 0 Å². The molecule has 8 heteroatoms. The maximum absolute atomic E-state index is 13.3. The number of carbonyl (C=O) groups excluding carboxylic acids is 2. The quantitative estimate of drug-likeness (QED) is 0.581. The zero-order chi connectivity index (χ0) is 15.7. The van der Waals surface area contributed by atoms with E-state index < -0.39 is 55.6 Å². The highest BCUT2D eigenvalue weighted by Gasteiger charge is 2.49. The standard InChI is InChI=1S/C12H14F5NO2/c1-6(2)10(19)18(11(20)12(15,16)17)9-4-7(13)3-8(14)5-9/h7-9H,1,3-5H2,2H3. The average Bonchev–Trinajstić information content (AvgIpc) is 2.26. The van der Waals surface area contributed by atoms with Gasteiger partial charge in [-0.05, 0) is 19.8 Å². The van der Waals surface area contributed by atoms with Crippen LogP contribution >= 0.6 is 0 Å². The molecule has 114 valence electrons. The Morgan fingerprint density at radius 2 is 1.55 bits per heavy atom. The molecule has 0 radical (unpaired) electrons. The fourth-order valence-electron chi connectivity index (χ4n) is 2.13. The molecule has 0 spiro atoms. The molecule has 0 N–H and O–H groups in total. The van der Waals surface area contributed by atoms with E-state index in [0.717, 1.165) is 6.92 Å². The minimum absolute atomic E-state index is 0.110. The van der Waals surface area contributed by atoms with Gasteiger partial charge in [-0.15, -0.1) is 0 Å². The number of amides is 2. The molecule has 0 aromatic carbocycles. The summed E-state index contributed by atoms with van der Waals surface area (Å²) in [5.41, 5.74) is -0.306. The van der Waals surface area contributed by atoms with Gasteiger partial charge in [0.05, 0.1) is 0 Å². The van der Waals surface area contributed by atoms with Crippen molar-refractivity contribution in [3.05, 3.63) is 12.2 Å². The van der Waals surface area contributed by atoms with Crippen molar-refractivity contribution in [1.29, 1.82) is 0 Å². The number of imide groups is 1. The van der Waals surface area contributed by atoms with Crippen LogP contribution in [0.3, 0.4) is 0 Å². The Labute approximate surface area is 112 Å². The third-order valence-electron chi connectivity index (χ3n) is 2.98. The maximum atomic E-state index is 13.3. The first-order valence-electron chi connectivity index (χ1n) is 5.92. The number of rotatable bonds is 2. The van der Waals surface area contributed by atoms with E-state index >= 15 is 0 Å². The van der Waals surface area contributed by atoms with Gasteiger partial charge in [-0.2, -0.15) is 13.2 Å². The molecule has 2 atom stereocenters. The highest BCUT2D eigenvalue weighted by Crippen LogP contribution is 2.31. The molecule has 0 saturated heterocycles. The maximum Gasteiger partial charge on any atom is 0.471 e. The number of nitrogens with zero attached hydrogens (tertiary/aromatic N) is 1. The molecule has 0 bridgehead atoms. The zero-order valence-electron chi connectivity index (χ0n) is 10.7. The van der Waals surface area contributed by atoms with Gasteiger partial charge in [-0.25, -0.2) is 8.78 Å². The van der Waals surface area contributed by atoms with Crippen LogP contribution < -0.4 is 0 Å². The monoisotopic (exact) mass is 299 g/mol. The summed E-state index contributed by atoms with van der Waals surface area (Å²) in [6.45, 7) is 4.30. The minimum Gasteiger partial charge on any atom is -0.269 e. The van der Waals surface area contributed by atoms with E-state index in [0.29, 0.717) is 0 Å². The Kier molecular flexibility index (Phi) is 4.88. The van der Waals surface area contributed by atoms with Gasteiger partial charge in [0, 0.05) is 18.0 Å². The lowest BCUT2D eigenvalue weighted by molar-refractivity contribution is -0.190. The second-order valence-corrected chi connectivity index (χ2v) is 4.81. The van der Waals surface area contributed by atoms with Crippen molar-refractivity contribution < 1.29 is 31.5 Å². The van der Waals surface area contributed by atoms with Crippen LogP contribution in [0.15, 0.2) is 12.2 Å². The van der Waals surface area contributed by atoms with E-state index in [1.807, 2.05) is 0 Å². The summed E-state index contributed by atoms with van der Waals surface area (Å²) in [6.07, 6.45) is -10.1. The Morgan fingerprint density at radius 3 is 1.90 bits per heavy atom. The molecule has 0 aliphatic heterocycles. The molecule has 1 aliphatic carbocycles. The van der Waals surface area contributed by atoms with Gasteiger partial charge in [-0.1, -0.05) is 6.58 Å². The molecule has 1 saturated carbocycles. The third-order valence-corrected chi connectivity index (χ3v) is 2.98. The zero-order valence-corrected chi connectivity index (χ0v) is 10.7. The Balaban J connectivity index is 3.07. The van der Waals surface area contributed by atoms with Crippen LogP contribution in [-0.2, 0) is 9.59 Å². The van der Waals surface area contributed by atoms with Crippen LogP contribution in [0.4, 0.5) is 22.0 Å². The van der Waals surface area contributed by atoms with Crippen molar-refractivity contribution in [2.75, 3.05) is 0 Å².